The zero-order valence-corrected chi connectivity index (χ0v) is 22.7. The molecule has 0 saturated carbocycles. The molecule has 1 aliphatic rings. The van der Waals surface area contributed by atoms with Gasteiger partial charge in [0.05, 0.1) is 12.2 Å². The van der Waals surface area contributed by atoms with Gasteiger partial charge in [-0.25, -0.2) is 22.8 Å². The van der Waals surface area contributed by atoms with Gasteiger partial charge in [-0.15, -0.1) is 0 Å². The number of amides is 1. The number of pyridine rings is 2. The van der Waals surface area contributed by atoms with Gasteiger partial charge in [-0.2, -0.15) is 5.10 Å². The first-order chi connectivity index (χ1) is 17.4. The predicted octanol–water partition coefficient (Wildman–Crippen LogP) is 5.68. The van der Waals surface area contributed by atoms with Crippen LogP contribution in [0.1, 0.15) is 12.0 Å². The molecular formula is C25H29ClF3N5O2Si. The Morgan fingerprint density at radius 2 is 1.95 bits per heavy atom. The van der Waals surface area contributed by atoms with Gasteiger partial charge in [-0.05, 0) is 36.2 Å². The molecule has 3 aromatic heterocycles. The summed E-state index contributed by atoms with van der Waals surface area (Å²) in [5, 5.41) is 4.25. The van der Waals surface area contributed by atoms with Crippen molar-refractivity contribution in [1.29, 1.82) is 0 Å². The van der Waals surface area contributed by atoms with Crippen molar-refractivity contribution < 1.29 is 22.7 Å². The maximum absolute atomic E-state index is 14.9. The summed E-state index contributed by atoms with van der Waals surface area (Å²) in [6, 6.07) is 7.16. The summed E-state index contributed by atoms with van der Waals surface area (Å²) < 4.78 is 51.1. The molecule has 0 bridgehead atoms. The molecule has 4 rings (SSSR count). The third-order valence-corrected chi connectivity index (χ3v) is 8.09. The van der Waals surface area contributed by atoms with E-state index in [4.69, 9.17) is 16.3 Å². The summed E-state index contributed by atoms with van der Waals surface area (Å²) >= 11 is 5.64. The molecule has 0 aromatic carbocycles. The first kappa shape index (κ1) is 27.3. The van der Waals surface area contributed by atoms with Crippen LogP contribution in [0.25, 0.3) is 11.3 Å². The molecule has 1 amide bonds. The number of nitrogens with zero attached hydrogens (tertiary/aromatic N) is 5. The van der Waals surface area contributed by atoms with E-state index in [2.05, 4.69) is 34.7 Å². The highest BCUT2D eigenvalue weighted by molar-refractivity contribution is 6.76. The van der Waals surface area contributed by atoms with E-state index in [1.165, 1.54) is 10.9 Å². The van der Waals surface area contributed by atoms with Gasteiger partial charge >= 0.3 is 0 Å². The highest BCUT2D eigenvalue weighted by atomic mass is 35.5. The summed E-state index contributed by atoms with van der Waals surface area (Å²) in [5.74, 6) is -5.27. The van der Waals surface area contributed by atoms with Crippen LogP contribution in [0, 0.1) is 11.7 Å². The van der Waals surface area contributed by atoms with Gasteiger partial charge < -0.3 is 4.74 Å². The van der Waals surface area contributed by atoms with Crippen LogP contribution in [0.5, 0.6) is 0 Å². The second-order valence-electron chi connectivity index (χ2n) is 10.5. The average molecular weight is 552 g/mol. The second-order valence-corrected chi connectivity index (χ2v) is 16.5. The second kappa shape index (κ2) is 10.9. The predicted molar refractivity (Wildman–Crippen MR) is 138 cm³/mol. The molecule has 1 aliphatic heterocycles. The lowest BCUT2D eigenvalue weighted by atomic mass is 9.89. The summed E-state index contributed by atoms with van der Waals surface area (Å²) in [7, 11) is -1.34. The third-order valence-electron chi connectivity index (χ3n) is 6.11. The molecule has 1 fully saturated rings. The van der Waals surface area contributed by atoms with E-state index in [1.54, 1.807) is 30.6 Å². The molecule has 1 unspecified atom stereocenters. The van der Waals surface area contributed by atoms with Crippen molar-refractivity contribution in [2.24, 2.45) is 5.92 Å². The van der Waals surface area contributed by atoms with Crippen molar-refractivity contribution in [3.63, 3.8) is 0 Å². The Labute approximate surface area is 219 Å². The zero-order valence-electron chi connectivity index (χ0n) is 20.9. The molecule has 0 aliphatic carbocycles. The van der Waals surface area contributed by atoms with Crippen molar-refractivity contribution in [3.8, 4) is 11.3 Å². The van der Waals surface area contributed by atoms with Crippen LogP contribution in [0.15, 0.2) is 42.9 Å². The average Bonchev–Trinajstić information content (AvgIpc) is 3.25. The third kappa shape index (κ3) is 6.96. The molecule has 0 N–H and O–H groups in total. The monoisotopic (exact) mass is 551 g/mol. The quantitative estimate of drug-likeness (QED) is 0.194. The smallest absolute Gasteiger partial charge is 0.266 e. The van der Waals surface area contributed by atoms with Crippen LogP contribution >= 0.6 is 11.6 Å². The maximum Gasteiger partial charge on any atom is 0.266 e. The van der Waals surface area contributed by atoms with E-state index < -0.39 is 44.6 Å². The number of anilines is 1. The largest absolute Gasteiger partial charge is 0.359 e. The van der Waals surface area contributed by atoms with Crippen LogP contribution in [-0.2, 0) is 22.7 Å². The molecular weight excluding hydrogens is 523 g/mol. The lowest BCUT2D eigenvalue weighted by Crippen LogP contribution is -2.52. The Balaban J connectivity index is 1.63. The fourth-order valence-electron chi connectivity index (χ4n) is 4.16. The van der Waals surface area contributed by atoms with Gasteiger partial charge in [-0.1, -0.05) is 31.2 Å². The van der Waals surface area contributed by atoms with Crippen LogP contribution in [0.2, 0.25) is 30.8 Å². The fourth-order valence-corrected chi connectivity index (χ4v) is 5.02. The van der Waals surface area contributed by atoms with Gasteiger partial charge in [0.2, 0.25) is 5.91 Å². The minimum absolute atomic E-state index is 0.0111. The SMILES string of the molecule is C[Si](C)(C)CCOCn1nc(-c2ccncc2)cc1N1CC(F)(F)CC(Cc2cnc(Cl)c(F)c2)C1=O. The number of rotatable bonds is 9. The van der Waals surface area contributed by atoms with Crippen LogP contribution in [-0.4, -0.2) is 52.8 Å². The fraction of sp³-hybridized carbons (Fsp3) is 0.440. The van der Waals surface area contributed by atoms with Crippen molar-refractivity contribution in [2.75, 3.05) is 18.1 Å². The Hall–Kier alpha value is -2.76. The molecule has 3 aromatic rings. The Kier molecular flexibility index (Phi) is 8.05. The topological polar surface area (TPSA) is 73.1 Å². The molecule has 4 heterocycles. The van der Waals surface area contributed by atoms with E-state index in [0.29, 0.717) is 17.9 Å². The number of hydrogen-bond donors (Lipinski definition) is 0. The highest BCUT2D eigenvalue weighted by Gasteiger charge is 2.46. The Morgan fingerprint density at radius 1 is 1.22 bits per heavy atom. The van der Waals surface area contributed by atoms with E-state index in [-0.39, 0.29) is 24.1 Å². The number of carbonyl (C=O) groups excluding carboxylic acids is 1. The first-order valence-corrected chi connectivity index (χ1v) is 16.1. The molecule has 7 nitrogen and oxygen atoms in total. The molecule has 198 valence electrons. The van der Waals surface area contributed by atoms with E-state index in [1.807, 2.05) is 0 Å². The molecule has 37 heavy (non-hydrogen) atoms. The van der Waals surface area contributed by atoms with Crippen molar-refractivity contribution in [3.05, 3.63) is 59.4 Å². The van der Waals surface area contributed by atoms with Crippen molar-refractivity contribution in [2.45, 2.75) is 51.2 Å². The van der Waals surface area contributed by atoms with Gasteiger partial charge in [-0.3, -0.25) is 14.7 Å². The number of halogens is 4. The van der Waals surface area contributed by atoms with Crippen molar-refractivity contribution in [1.82, 2.24) is 19.7 Å². The summed E-state index contributed by atoms with van der Waals surface area (Å²) in [6.07, 6.45) is 3.77. The van der Waals surface area contributed by atoms with E-state index >= 15 is 0 Å². The summed E-state index contributed by atoms with van der Waals surface area (Å²) in [6.45, 7) is 6.42. The molecule has 1 atom stereocenters. The van der Waals surface area contributed by atoms with Crippen LogP contribution in [0.4, 0.5) is 19.0 Å². The summed E-state index contributed by atoms with van der Waals surface area (Å²) in [4.78, 5) is 22.3. The lowest BCUT2D eigenvalue weighted by Gasteiger charge is -2.37. The number of carbonyl (C=O) groups is 1. The number of alkyl halides is 2. The van der Waals surface area contributed by atoms with Gasteiger partial charge in [0.1, 0.15) is 12.5 Å². The van der Waals surface area contributed by atoms with E-state index in [9.17, 15) is 18.0 Å². The highest BCUT2D eigenvalue weighted by Crippen LogP contribution is 2.37. The standard InChI is InChI=1S/C25H29ClF3N5O2Si/c1-37(2,3)9-8-36-16-34-22(12-21(32-34)18-4-6-30-7-5-18)33-15-25(28,29)13-19(24(33)35)10-17-11-20(27)23(26)31-14-17/h4-7,11-12,14,19H,8-10,13,15-16H2,1-3H3. The normalized spacial score (nSPS) is 17.9. The van der Waals surface area contributed by atoms with Gasteiger partial charge in [0, 0.05) is 57.2 Å². The molecule has 0 radical (unpaired) electrons. The van der Waals surface area contributed by atoms with Crippen molar-refractivity contribution >= 4 is 31.4 Å². The van der Waals surface area contributed by atoms with Gasteiger partial charge in [0.25, 0.3) is 5.92 Å². The van der Waals surface area contributed by atoms with Crippen LogP contribution < -0.4 is 4.90 Å². The maximum atomic E-state index is 14.9. The number of piperidine rings is 1. The van der Waals surface area contributed by atoms with E-state index in [0.717, 1.165) is 22.6 Å². The number of ether oxygens (including phenoxy) is 1. The Bertz CT molecular complexity index is 1250. The molecule has 0 spiro atoms. The van der Waals surface area contributed by atoms with Crippen LogP contribution in [0.3, 0.4) is 0 Å². The van der Waals surface area contributed by atoms with Gasteiger partial charge in [0.15, 0.2) is 11.0 Å². The zero-order chi connectivity index (χ0) is 26.8. The molecule has 12 heteroatoms. The first-order valence-electron chi connectivity index (χ1n) is 12.0. The Morgan fingerprint density at radius 3 is 2.62 bits per heavy atom. The number of hydrogen-bond acceptors (Lipinski definition) is 5. The minimum atomic E-state index is -3.15. The molecule has 1 saturated heterocycles. The minimum Gasteiger partial charge on any atom is -0.359 e. The summed E-state index contributed by atoms with van der Waals surface area (Å²) in [5.41, 5.74) is 1.56. The lowest BCUT2D eigenvalue weighted by molar-refractivity contribution is -0.132. The number of aromatic nitrogens is 4.